The number of hydrogen-bond acceptors (Lipinski definition) is 3. The van der Waals surface area contributed by atoms with Crippen LogP contribution < -0.4 is 10.1 Å². The van der Waals surface area contributed by atoms with Crippen molar-refractivity contribution in [3.05, 3.63) is 71.6 Å². The van der Waals surface area contributed by atoms with Gasteiger partial charge in [0, 0.05) is 25.1 Å². The number of carbonyl (C=O) groups is 2. The SMILES string of the molecule is COc1ccc(C(C)NC(=O)C2CCN(C(=O)/C=C/c3ccccc3)CC2)cc1F. The Morgan fingerprint density at radius 3 is 2.50 bits per heavy atom. The molecule has 1 fully saturated rings. The van der Waals surface area contributed by atoms with Gasteiger partial charge < -0.3 is 15.0 Å². The summed E-state index contributed by atoms with van der Waals surface area (Å²) in [5, 5.41) is 2.96. The molecule has 5 nitrogen and oxygen atoms in total. The Kier molecular flexibility index (Phi) is 7.22. The molecule has 2 amide bonds. The van der Waals surface area contributed by atoms with Gasteiger partial charge in [-0.3, -0.25) is 9.59 Å². The van der Waals surface area contributed by atoms with E-state index < -0.39 is 5.82 Å². The summed E-state index contributed by atoms with van der Waals surface area (Å²) in [6.07, 6.45) is 4.60. The lowest BCUT2D eigenvalue weighted by molar-refractivity contribution is -0.132. The highest BCUT2D eigenvalue weighted by molar-refractivity contribution is 5.92. The third kappa shape index (κ3) is 5.47. The number of likely N-dealkylation sites (tertiary alicyclic amines) is 1. The number of nitrogens with zero attached hydrogens (tertiary/aromatic N) is 1. The van der Waals surface area contributed by atoms with Crippen molar-refractivity contribution >= 4 is 17.9 Å². The molecule has 0 aromatic heterocycles. The molecule has 158 valence electrons. The number of benzene rings is 2. The smallest absolute Gasteiger partial charge is 0.246 e. The van der Waals surface area contributed by atoms with Crippen LogP contribution in [0.4, 0.5) is 4.39 Å². The highest BCUT2D eigenvalue weighted by Crippen LogP contribution is 2.23. The maximum absolute atomic E-state index is 13.9. The van der Waals surface area contributed by atoms with Gasteiger partial charge in [0.25, 0.3) is 0 Å². The molecule has 6 heteroatoms. The van der Waals surface area contributed by atoms with Crippen LogP contribution in [0, 0.1) is 11.7 Å². The first-order valence-electron chi connectivity index (χ1n) is 10.1. The third-order valence-corrected chi connectivity index (χ3v) is 5.43. The van der Waals surface area contributed by atoms with E-state index in [4.69, 9.17) is 4.74 Å². The summed E-state index contributed by atoms with van der Waals surface area (Å²) >= 11 is 0. The number of halogens is 1. The molecule has 1 aliphatic rings. The molecule has 0 bridgehead atoms. The molecule has 0 aliphatic carbocycles. The first kappa shape index (κ1) is 21.6. The zero-order valence-electron chi connectivity index (χ0n) is 17.3. The molecule has 30 heavy (non-hydrogen) atoms. The molecular weight excluding hydrogens is 383 g/mol. The molecule has 1 heterocycles. The fourth-order valence-electron chi connectivity index (χ4n) is 3.57. The van der Waals surface area contributed by atoms with Crippen LogP contribution in [0.3, 0.4) is 0 Å². The van der Waals surface area contributed by atoms with Gasteiger partial charge in [0.15, 0.2) is 11.6 Å². The van der Waals surface area contributed by atoms with Crippen LogP contribution in [-0.4, -0.2) is 36.9 Å². The van der Waals surface area contributed by atoms with Crippen LogP contribution in [0.15, 0.2) is 54.6 Å². The largest absolute Gasteiger partial charge is 0.494 e. The van der Waals surface area contributed by atoms with Crippen molar-refractivity contribution in [2.24, 2.45) is 5.92 Å². The van der Waals surface area contributed by atoms with E-state index in [0.29, 0.717) is 31.5 Å². The van der Waals surface area contributed by atoms with E-state index in [9.17, 15) is 14.0 Å². The van der Waals surface area contributed by atoms with E-state index in [0.717, 1.165) is 5.56 Å². The maximum Gasteiger partial charge on any atom is 0.246 e. The van der Waals surface area contributed by atoms with Crippen molar-refractivity contribution in [3.8, 4) is 5.75 Å². The predicted molar refractivity (Wildman–Crippen MR) is 114 cm³/mol. The molecule has 2 aromatic rings. The Morgan fingerprint density at radius 2 is 1.87 bits per heavy atom. The molecule has 1 unspecified atom stereocenters. The van der Waals surface area contributed by atoms with Crippen molar-refractivity contribution in [1.82, 2.24) is 10.2 Å². The zero-order valence-corrected chi connectivity index (χ0v) is 17.3. The summed E-state index contributed by atoms with van der Waals surface area (Å²) in [5.41, 5.74) is 1.66. The van der Waals surface area contributed by atoms with E-state index in [1.165, 1.54) is 13.2 Å². The minimum Gasteiger partial charge on any atom is -0.494 e. The molecule has 1 saturated heterocycles. The zero-order chi connectivity index (χ0) is 21.5. The van der Waals surface area contributed by atoms with E-state index >= 15 is 0 Å². The van der Waals surface area contributed by atoms with Gasteiger partial charge in [0.05, 0.1) is 13.2 Å². The fraction of sp³-hybridized carbons (Fsp3) is 0.333. The summed E-state index contributed by atoms with van der Waals surface area (Å²) in [6.45, 7) is 2.91. The van der Waals surface area contributed by atoms with Crippen molar-refractivity contribution in [2.75, 3.05) is 20.2 Å². The lowest BCUT2D eigenvalue weighted by atomic mass is 9.95. The van der Waals surface area contributed by atoms with Gasteiger partial charge in [-0.1, -0.05) is 36.4 Å². The van der Waals surface area contributed by atoms with Crippen molar-refractivity contribution in [2.45, 2.75) is 25.8 Å². The molecule has 1 N–H and O–H groups in total. The van der Waals surface area contributed by atoms with Crippen molar-refractivity contribution < 1.29 is 18.7 Å². The highest BCUT2D eigenvalue weighted by Gasteiger charge is 2.27. The van der Waals surface area contributed by atoms with Gasteiger partial charge in [0.1, 0.15) is 0 Å². The van der Waals surface area contributed by atoms with Crippen LogP contribution in [-0.2, 0) is 9.59 Å². The van der Waals surface area contributed by atoms with Crippen LogP contribution in [0.25, 0.3) is 6.08 Å². The average molecular weight is 410 g/mol. The average Bonchev–Trinajstić information content (AvgIpc) is 2.78. The van der Waals surface area contributed by atoms with Crippen LogP contribution in [0.1, 0.15) is 36.9 Å². The third-order valence-electron chi connectivity index (χ3n) is 5.43. The second-order valence-electron chi connectivity index (χ2n) is 7.47. The maximum atomic E-state index is 13.9. The van der Waals surface area contributed by atoms with E-state index in [1.54, 1.807) is 29.2 Å². The van der Waals surface area contributed by atoms with Crippen molar-refractivity contribution in [1.29, 1.82) is 0 Å². The van der Waals surface area contributed by atoms with Gasteiger partial charge in [-0.25, -0.2) is 4.39 Å². The van der Waals surface area contributed by atoms with E-state index in [1.807, 2.05) is 37.3 Å². The minimum atomic E-state index is -0.452. The minimum absolute atomic E-state index is 0.0419. The van der Waals surface area contributed by atoms with Crippen LogP contribution >= 0.6 is 0 Å². The molecule has 1 aliphatic heterocycles. The van der Waals surface area contributed by atoms with E-state index in [-0.39, 0.29) is 29.5 Å². The number of piperidine rings is 1. The number of methoxy groups -OCH3 is 1. The summed E-state index contributed by atoms with van der Waals surface area (Å²) in [5.74, 6) is -0.537. The second-order valence-corrected chi connectivity index (χ2v) is 7.47. The highest BCUT2D eigenvalue weighted by atomic mass is 19.1. The fourth-order valence-corrected chi connectivity index (χ4v) is 3.57. The Balaban J connectivity index is 1.49. The molecule has 2 aromatic carbocycles. The van der Waals surface area contributed by atoms with Gasteiger partial charge in [-0.05, 0) is 49.1 Å². The number of hydrogen-bond donors (Lipinski definition) is 1. The van der Waals surface area contributed by atoms with Gasteiger partial charge in [-0.2, -0.15) is 0 Å². The number of nitrogens with one attached hydrogen (secondary N) is 1. The molecule has 3 rings (SSSR count). The second kappa shape index (κ2) is 10.1. The van der Waals surface area contributed by atoms with Crippen LogP contribution in [0.2, 0.25) is 0 Å². The molecular formula is C24H27FN2O3. The van der Waals surface area contributed by atoms with Crippen LogP contribution in [0.5, 0.6) is 5.75 Å². The topological polar surface area (TPSA) is 58.6 Å². The van der Waals surface area contributed by atoms with Gasteiger partial charge >= 0.3 is 0 Å². The number of ether oxygens (including phenoxy) is 1. The van der Waals surface area contributed by atoms with Crippen molar-refractivity contribution in [3.63, 3.8) is 0 Å². The Hall–Kier alpha value is -3.15. The summed E-state index contributed by atoms with van der Waals surface area (Å²) in [4.78, 5) is 26.8. The molecule has 0 radical (unpaired) electrons. The molecule has 0 spiro atoms. The molecule has 1 atom stereocenters. The lowest BCUT2D eigenvalue weighted by Gasteiger charge is -2.31. The Bertz CT molecular complexity index is 906. The Morgan fingerprint density at radius 1 is 1.17 bits per heavy atom. The van der Waals surface area contributed by atoms with Gasteiger partial charge in [0.2, 0.25) is 11.8 Å². The first-order chi connectivity index (χ1) is 14.5. The first-order valence-corrected chi connectivity index (χ1v) is 10.1. The Labute approximate surface area is 176 Å². The standard InChI is InChI=1S/C24H27FN2O3/c1-17(20-9-10-22(30-2)21(25)16-20)26-24(29)19-12-14-27(15-13-19)23(28)11-8-18-6-4-3-5-7-18/h3-11,16-17,19H,12-15H2,1-2H3,(H,26,29)/b11-8+. The predicted octanol–water partition coefficient (Wildman–Crippen LogP) is 3.96. The normalized spacial score (nSPS) is 15.8. The van der Waals surface area contributed by atoms with Gasteiger partial charge in [-0.15, -0.1) is 0 Å². The monoisotopic (exact) mass is 410 g/mol. The quantitative estimate of drug-likeness (QED) is 0.734. The summed E-state index contributed by atoms with van der Waals surface area (Å²) < 4.78 is 18.8. The number of amides is 2. The summed E-state index contributed by atoms with van der Waals surface area (Å²) in [7, 11) is 1.41. The summed E-state index contributed by atoms with van der Waals surface area (Å²) in [6, 6.07) is 14.0. The van der Waals surface area contributed by atoms with E-state index in [2.05, 4.69) is 5.32 Å². The molecule has 0 saturated carbocycles. The number of rotatable bonds is 6. The number of carbonyl (C=O) groups excluding carboxylic acids is 2. The lowest BCUT2D eigenvalue weighted by Crippen LogP contribution is -2.43.